The number of ether oxygens (including phenoxy) is 1. The van der Waals surface area contributed by atoms with E-state index in [0.717, 1.165) is 12.1 Å². The lowest BCUT2D eigenvalue weighted by molar-refractivity contribution is -0.119. The summed E-state index contributed by atoms with van der Waals surface area (Å²) in [6.45, 7) is 3.69. The van der Waals surface area contributed by atoms with E-state index in [1.807, 2.05) is 6.92 Å². The van der Waals surface area contributed by atoms with Crippen LogP contribution < -0.4 is 16.0 Å². The quantitative estimate of drug-likeness (QED) is 0.221. The average molecular weight is 470 g/mol. The van der Waals surface area contributed by atoms with Gasteiger partial charge in [0.2, 0.25) is 5.91 Å². The van der Waals surface area contributed by atoms with E-state index in [-0.39, 0.29) is 42.0 Å². The molecule has 0 atom stereocenters. The molecular formula is C16H25F2IN4O2. The minimum Gasteiger partial charge on any atom is -0.383 e. The van der Waals surface area contributed by atoms with Crippen molar-refractivity contribution in [3.63, 3.8) is 0 Å². The summed E-state index contributed by atoms with van der Waals surface area (Å²) in [4.78, 5) is 15.7. The van der Waals surface area contributed by atoms with Crippen LogP contribution in [0.5, 0.6) is 0 Å². The molecule has 0 aliphatic heterocycles. The predicted molar refractivity (Wildman–Crippen MR) is 104 cm³/mol. The van der Waals surface area contributed by atoms with Gasteiger partial charge in [-0.2, -0.15) is 0 Å². The number of carbonyl (C=O) groups excluding carboxylic acids is 1. The number of nitrogens with zero attached hydrogens (tertiary/aromatic N) is 1. The van der Waals surface area contributed by atoms with Crippen LogP contribution in [0.25, 0.3) is 0 Å². The number of hydrogen-bond donors (Lipinski definition) is 3. The zero-order chi connectivity index (χ0) is 17.8. The van der Waals surface area contributed by atoms with E-state index in [0.29, 0.717) is 38.6 Å². The fourth-order valence-corrected chi connectivity index (χ4v) is 1.89. The first-order chi connectivity index (χ1) is 11.6. The number of nitrogens with one attached hydrogen (secondary N) is 3. The van der Waals surface area contributed by atoms with Crippen molar-refractivity contribution in [3.05, 3.63) is 35.4 Å². The van der Waals surface area contributed by atoms with E-state index < -0.39 is 11.6 Å². The number of rotatable bonds is 9. The second-order valence-corrected chi connectivity index (χ2v) is 4.95. The summed E-state index contributed by atoms with van der Waals surface area (Å²) in [5.74, 6) is -0.700. The van der Waals surface area contributed by atoms with Gasteiger partial charge in [0.15, 0.2) is 5.96 Å². The van der Waals surface area contributed by atoms with Gasteiger partial charge in [-0.1, -0.05) is 0 Å². The third-order valence-corrected chi connectivity index (χ3v) is 3.05. The minimum atomic E-state index is -0.472. The van der Waals surface area contributed by atoms with Crippen molar-refractivity contribution in [1.82, 2.24) is 16.0 Å². The Morgan fingerprint density at radius 1 is 1.20 bits per heavy atom. The van der Waals surface area contributed by atoms with Crippen LogP contribution in [0.1, 0.15) is 12.5 Å². The van der Waals surface area contributed by atoms with Crippen LogP contribution >= 0.6 is 24.0 Å². The van der Waals surface area contributed by atoms with Gasteiger partial charge in [-0.05, 0) is 37.1 Å². The second-order valence-electron chi connectivity index (χ2n) is 4.95. The highest BCUT2D eigenvalue weighted by molar-refractivity contribution is 14.0. The zero-order valence-corrected chi connectivity index (χ0v) is 16.7. The largest absolute Gasteiger partial charge is 0.383 e. The molecule has 0 bridgehead atoms. The predicted octanol–water partition coefficient (Wildman–Crippen LogP) is 1.44. The van der Waals surface area contributed by atoms with E-state index in [2.05, 4.69) is 20.9 Å². The van der Waals surface area contributed by atoms with E-state index in [1.165, 1.54) is 6.07 Å². The third kappa shape index (κ3) is 10.2. The summed E-state index contributed by atoms with van der Waals surface area (Å²) in [7, 11) is 1.55. The standard InChI is InChI=1S/C16H24F2N4O2.HI/c1-3-19-16(22-11-15(23)20-8-9-24-2)21-7-6-12-10-13(17)4-5-14(12)18;/h4-5,10H,3,6-9,11H2,1-2H3,(H,20,23)(H2,19,21,22);1H. The number of benzene rings is 1. The number of halogens is 3. The number of carbonyl (C=O) groups is 1. The van der Waals surface area contributed by atoms with Crippen LogP contribution in [0.15, 0.2) is 23.2 Å². The Kier molecular flexibility index (Phi) is 12.9. The maximum Gasteiger partial charge on any atom is 0.241 e. The summed E-state index contributed by atoms with van der Waals surface area (Å²) in [5, 5.41) is 8.63. The molecule has 0 aliphatic carbocycles. The van der Waals surface area contributed by atoms with E-state index in [1.54, 1.807) is 7.11 Å². The number of hydrogen-bond acceptors (Lipinski definition) is 3. The van der Waals surface area contributed by atoms with Gasteiger partial charge < -0.3 is 20.7 Å². The molecule has 0 heterocycles. The Labute approximate surface area is 163 Å². The van der Waals surface area contributed by atoms with Gasteiger partial charge in [-0.3, -0.25) is 4.79 Å². The molecule has 0 radical (unpaired) electrons. The fourth-order valence-electron chi connectivity index (χ4n) is 1.89. The number of aliphatic imine (C=N–C) groups is 1. The summed E-state index contributed by atoms with van der Waals surface area (Å²) >= 11 is 0. The molecule has 6 nitrogen and oxygen atoms in total. The summed E-state index contributed by atoms with van der Waals surface area (Å²) < 4.78 is 31.5. The van der Waals surface area contributed by atoms with Crippen molar-refractivity contribution < 1.29 is 18.3 Å². The molecule has 1 amide bonds. The molecule has 25 heavy (non-hydrogen) atoms. The second kappa shape index (κ2) is 13.8. The van der Waals surface area contributed by atoms with Crippen molar-refractivity contribution in [2.24, 2.45) is 4.99 Å². The Morgan fingerprint density at radius 2 is 1.96 bits per heavy atom. The van der Waals surface area contributed by atoms with Crippen molar-refractivity contribution in [2.75, 3.05) is 39.9 Å². The van der Waals surface area contributed by atoms with Crippen LogP contribution in [0.2, 0.25) is 0 Å². The molecule has 0 saturated heterocycles. The maximum atomic E-state index is 13.5. The van der Waals surface area contributed by atoms with E-state index in [9.17, 15) is 13.6 Å². The molecule has 0 aliphatic rings. The first kappa shape index (κ1) is 23.5. The van der Waals surface area contributed by atoms with Crippen LogP contribution in [0.3, 0.4) is 0 Å². The lowest BCUT2D eigenvalue weighted by atomic mass is 10.1. The minimum absolute atomic E-state index is 0. The smallest absolute Gasteiger partial charge is 0.241 e. The molecule has 0 fully saturated rings. The zero-order valence-electron chi connectivity index (χ0n) is 14.4. The number of guanidine groups is 1. The maximum absolute atomic E-state index is 13.5. The molecule has 1 aromatic rings. The van der Waals surface area contributed by atoms with Crippen LogP contribution in [-0.2, 0) is 16.0 Å². The van der Waals surface area contributed by atoms with Crippen LogP contribution in [0, 0.1) is 11.6 Å². The first-order valence-electron chi connectivity index (χ1n) is 7.78. The highest BCUT2D eigenvalue weighted by Gasteiger charge is 2.05. The normalized spacial score (nSPS) is 10.8. The van der Waals surface area contributed by atoms with Crippen molar-refractivity contribution >= 4 is 35.8 Å². The van der Waals surface area contributed by atoms with Gasteiger partial charge in [0.1, 0.15) is 18.2 Å². The molecule has 0 aromatic heterocycles. The molecule has 1 rings (SSSR count). The Bertz CT molecular complexity index is 559. The van der Waals surface area contributed by atoms with Crippen molar-refractivity contribution in [1.29, 1.82) is 0 Å². The molecule has 0 saturated carbocycles. The topological polar surface area (TPSA) is 74.8 Å². The van der Waals surface area contributed by atoms with Gasteiger partial charge >= 0.3 is 0 Å². The molecule has 9 heteroatoms. The highest BCUT2D eigenvalue weighted by Crippen LogP contribution is 2.09. The highest BCUT2D eigenvalue weighted by atomic mass is 127. The Hall–Kier alpha value is -1.49. The Balaban J connectivity index is 0.00000576. The Morgan fingerprint density at radius 3 is 2.64 bits per heavy atom. The molecule has 0 spiro atoms. The summed E-state index contributed by atoms with van der Waals surface area (Å²) in [6, 6.07) is 3.36. The monoisotopic (exact) mass is 470 g/mol. The number of amides is 1. The van der Waals surface area contributed by atoms with E-state index >= 15 is 0 Å². The SMILES string of the molecule is CCNC(=NCC(=O)NCCOC)NCCc1cc(F)ccc1F.I. The van der Waals surface area contributed by atoms with Gasteiger partial charge in [0.25, 0.3) is 0 Å². The molecule has 0 unspecified atom stereocenters. The summed E-state index contributed by atoms with van der Waals surface area (Å²) in [5.41, 5.74) is 0.288. The fraction of sp³-hybridized carbons (Fsp3) is 0.500. The van der Waals surface area contributed by atoms with E-state index in [4.69, 9.17) is 4.74 Å². The molecule has 142 valence electrons. The molecule has 3 N–H and O–H groups in total. The van der Waals surface area contributed by atoms with Gasteiger partial charge in [-0.15, -0.1) is 24.0 Å². The number of methoxy groups -OCH3 is 1. The van der Waals surface area contributed by atoms with Crippen molar-refractivity contribution in [2.45, 2.75) is 13.3 Å². The lowest BCUT2D eigenvalue weighted by Gasteiger charge is -2.11. The molecular weight excluding hydrogens is 445 g/mol. The summed E-state index contributed by atoms with van der Waals surface area (Å²) in [6.07, 6.45) is 0.300. The third-order valence-electron chi connectivity index (χ3n) is 3.05. The van der Waals surface area contributed by atoms with Gasteiger partial charge in [0.05, 0.1) is 6.61 Å². The average Bonchev–Trinajstić information content (AvgIpc) is 2.56. The molecule has 1 aromatic carbocycles. The van der Waals surface area contributed by atoms with Gasteiger partial charge in [0, 0.05) is 26.7 Å². The van der Waals surface area contributed by atoms with Gasteiger partial charge in [-0.25, -0.2) is 13.8 Å². The lowest BCUT2D eigenvalue weighted by Crippen LogP contribution is -2.39. The van der Waals surface area contributed by atoms with Crippen LogP contribution in [0.4, 0.5) is 8.78 Å². The van der Waals surface area contributed by atoms with Crippen LogP contribution in [-0.4, -0.2) is 51.8 Å². The first-order valence-corrected chi connectivity index (χ1v) is 7.78. The van der Waals surface area contributed by atoms with Crippen molar-refractivity contribution in [3.8, 4) is 0 Å².